The third-order valence-corrected chi connectivity index (χ3v) is 3.42. The predicted octanol–water partition coefficient (Wildman–Crippen LogP) is 2.62. The van der Waals surface area contributed by atoms with Crippen molar-refractivity contribution in [2.45, 2.75) is 40.8 Å². The molecule has 0 N–H and O–H groups in total. The third-order valence-electron chi connectivity index (χ3n) is 3.42. The summed E-state index contributed by atoms with van der Waals surface area (Å²) in [6.45, 7) is 10.6. The first-order chi connectivity index (χ1) is 7.59. The Balaban J connectivity index is 2.11. The smallest absolute Gasteiger partial charge is 0.105 e. The summed E-state index contributed by atoms with van der Waals surface area (Å²) in [6, 6.07) is 0. The molecule has 0 aromatic carbocycles. The van der Waals surface area contributed by atoms with Crippen molar-refractivity contribution in [3.8, 4) is 0 Å². The summed E-state index contributed by atoms with van der Waals surface area (Å²) in [4.78, 5) is 4.23. The van der Waals surface area contributed by atoms with Crippen LogP contribution in [0.15, 0.2) is 18.6 Å². The van der Waals surface area contributed by atoms with Crippen LogP contribution in [-0.4, -0.2) is 14.1 Å². The van der Waals surface area contributed by atoms with E-state index in [4.69, 9.17) is 0 Å². The van der Waals surface area contributed by atoms with Crippen molar-refractivity contribution < 1.29 is 0 Å². The molecule has 86 valence electrons. The lowest BCUT2D eigenvalue weighted by Gasteiger charge is -2.08. The second-order valence-corrected chi connectivity index (χ2v) is 4.38. The van der Waals surface area contributed by atoms with Gasteiger partial charge in [-0.15, -0.1) is 0 Å². The van der Waals surface area contributed by atoms with Gasteiger partial charge in [-0.05, 0) is 38.8 Å². The molecule has 0 spiro atoms. The minimum absolute atomic E-state index is 0.986. The van der Waals surface area contributed by atoms with Crippen molar-refractivity contribution in [3.63, 3.8) is 0 Å². The van der Waals surface area contributed by atoms with E-state index in [1.165, 1.54) is 16.8 Å². The average molecular weight is 217 g/mol. The van der Waals surface area contributed by atoms with Gasteiger partial charge in [0.05, 0.1) is 0 Å². The van der Waals surface area contributed by atoms with Gasteiger partial charge in [-0.25, -0.2) is 4.98 Å². The fraction of sp³-hybridized carbons (Fsp3) is 0.462. The van der Waals surface area contributed by atoms with Crippen LogP contribution >= 0.6 is 0 Å². The molecule has 3 nitrogen and oxygen atoms in total. The number of aryl methyl sites for hydroxylation is 4. The van der Waals surface area contributed by atoms with Gasteiger partial charge < -0.3 is 9.13 Å². The van der Waals surface area contributed by atoms with Crippen LogP contribution in [0.5, 0.6) is 0 Å². The second-order valence-electron chi connectivity index (χ2n) is 4.38. The first kappa shape index (κ1) is 11.0. The molecule has 2 aromatic rings. The zero-order chi connectivity index (χ0) is 11.7. The Bertz CT molecular complexity index is 491. The Labute approximate surface area is 96.7 Å². The van der Waals surface area contributed by atoms with Gasteiger partial charge in [0.1, 0.15) is 5.82 Å². The Morgan fingerprint density at radius 1 is 1.06 bits per heavy atom. The maximum atomic E-state index is 4.23. The highest BCUT2D eigenvalue weighted by Gasteiger charge is 2.05. The maximum absolute atomic E-state index is 4.23. The molecule has 0 unspecified atom stereocenters. The van der Waals surface area contributed by atoms with E-state index in [2.05, 4.69) is 41.1 Å². The number of nitrogens with zero attached hydrogens (tertiary/aromatic N) is 3. The molecular formula is C13H19N3. The lowest BCUT2D eigenvalue weighted by Crippen LogP contribution is -2.08. The van der Waals surface area contributed by atoms with E-state index in [1.807, 2.05) is 19.3 Å². The monoisotopic (exact) mass is 217 g/mol. The summed E-state index contributed by atoms with van der Waals surface area (Å²) in [5.41, 5.74) is 4.15. The molecule has 0 saturated carbocycles. The van der Waals surface area contributed by atoms with E-state index in [1.54, 1.807) is 0 Å². The van der Waals surface area contributed by atoms with E-state index in [9.17, 15) is 0 Å². The highest BCUT2D eigenvalue weighted by molar-refractivity contribution is 5.28. The zero-order valence-electron chi connectivity index (χ0n) is 10.5. The molecule has 2 rings (SSSR count). The van der Waals surface area contributed by atoms with E-state index >= 15 is 0 Å². The predicted molar refractivity (Wildman–Crippen MR) is 65.6 cm³/mol. The van der Waals surface area contributed by atoms with E-state index in [0.29, 0.717) is 0 Å². The van der Waals surface area contributed by atoms with Crippen LogP contribution in [0.4, 0.5) is 0 Å². The van der Waals surface area contributed by atoms with E-state index < -0.39 is 0 Å². The topological polar surface area (TPSA) is 22.8 Å². The van der Waals surface area contributed by atoms with Crippen LogP contribution in [0.25, 0.3) is 0 Å². The summed E-state index contributed by atoms with van der Waals surface area (Å²) < 4.78 is 4.51. The second kappa shape index (κ2) is 4.16. The molecule has 2 heterocycles. The van der Waals surface area contributed by atoms with Crippen molar-refractivity contribution in [1.82, 2.24) is 14.1 Å². The number of hydrogen-bond donors (Lipinski definition) is 0. The summed E-state index contributed by atoms with van der Waals surface area (Å²) in [5, 5.41) is 0. The first-order valence-electron chi connectivity index (χ1n) is 5.70. The molecule has 0 aliphatic heterocycles. The van der Waals surface area contributed by atoms with Crippen molar-refractivity contribution >= 4 is 0 Å². The number of rotatable bonds is 3. The molecule has 0 aliphatic rings. The minimum Gasteiger partial charge on any atom is -0.349 e. The van der Waals surface area contributed by atoms with Gasteiger partial charge in [0, 0.05) is 37.4 Å². The fourth-order valence-electron chi connectivity index (χ4n) is 2.02. The highest BCUT2D eigenvalue weighted by atomic mass is 15.1. The average Bonchev–Trinajstić information content (AvgIpc) is 2.76. The molecule has 0 amide bonds. The summed E-state index contributed by atoms with van der Waals surface area (Å²) in [6.07, 6.45) is 6.12. The highest BCUT2D eigenvalue weighted by Crippen LogP contribution is 2.14. The van der Waals surface area contributed by atoms with Crippen LogP contribution < -0.4 is 0 Å². The number of imidazole rings is 1. The molecule has 0 fully saturated rings. The fourth-order valence-corrected chi connectivity index (χ4v) is 2.02. The quantitative estimate of drug-likeness (QED) is 0.775. The molecule has 3 heteroatoms. The van der Waals surface area contributed by atoms with Gasteiger partial charge >= 0.3 is 0 Å². The Kier molecular flexibility index (Phi) is 2.86. The van der Waals surface area contributed by atoms with Crippen LogP contribution in [0.1, 0.15) is 22.6 Å². The van der Waals surface area contributed by atoms with Crippen LogP contribution in [0.3, 0.4) is 0 Å². The van der Waals surface area contributed by atoms with Gasteiger partial charge in [0.2, 0.25) is 0 Å². The minimum atomic E-state index is 0.986. The molecule has 0 aliphatic carbocycles. The Hall–Kier alpha value is -1.51. The van der Waals surface area contributed by atoms with Crippen LogP contribution in [0, 0.1) is 27.7 Å². The lowest BCUT2D eigenvalue weighted by atomic mass is 10.2. The first-order valence-corrected chi connectivity index (χ1v) is 5.70. The summed E-state index contributed by atoms with van der Waals surface area (Å²) >= 11 is 0. The van der Waals surface area contributed by atoms with Crippen LogP contribution in [0.2, 0.25) is 0 Å². The molecule has 16 heavy (non-hydrogen) atoms. The van der Waals surface area contributed by atoms with Gasteiger partial charge in [0.25, 0.3) is 0 Å². The van der Waals surface area contributed by atoms with Gasteiger partial charge in [0.15, 0.2) is 0 Å². The van der Waals surface area contributed by atoms with Gasteiger partial charge in [-0.3, -0.25) is 0 Å². The van der Waals surface area contributed by atoms with E-state index in [0.717, 1.165) is 18.9 Å². The molecule has 2 aromatic heterocycles. The molecule has 0 atom stereocenters. The SMILES string of the molecule is Cc1cn(CCn2ccnc2C)c(C)c1C. The van der Waals surface area contributed by atoms with Crippen molar-refractivity contribution in [1.29, 1.82) is 0 Å². The number of aromatic nitrogens is 3. The van der Waals surface area contributed by atoms with Crippen molar-refractivity contribution in [2.75, 3.05) is 0 Å². The normalized spacial score (nSPS) is 11.0. The third kappa shape index (κ3) is 1.90. The molecule has 0 bridgehead atoms. The lowest BCUT2D eigenvalue weighted by molar-refractivity contribution is 0.561. The number of hydrogen-bond acceptors (Lipinski definition) is 1. The maximum Gasteiger partial charge on any atom is 0.105 e. The van der Waals surface area contributed by atoms with Crippen molar-refractivity contribution in [2.24, 2.45) is 0 Å². The molecule has 0 radical (unpaired) electrons. The zero-order valence-corrected chi connectivity index (χ0v) is 10.5. The summed E-state index contributed by atoms with van der Waals surface area (Å²) in [5.74, 6) is 1.08. The Morgan fingerprint density at radius 3 is 2.25 bits per heavy atom. The molecular weight excluding hydrogens is 198 g/mol. The van der Waals surface area contributed by atoms with Crippen LogP contribution in [-0.2, 0) is 13.1 Å². The largest absolute Gasteiger partial charge is 0.349 e. The molecule has 0 saturated heterocycles. The van der Waals surface area contributed by atoms with Gasteiger partial charge in [-0.1, -0.05) is 0 Å². The van der Waals surface area contributed by atoms with Gasteiger partial charge in [-0.2, -0.15) is 0 Å². The standard InChI is InChI=1S/C13H19N3/c1-10-9-16(12(3)11(10)2)8-7-15-6-5-14-13(15)4/h5-6,9H,7-8H2,1-4H3. The Morgan fingerprint density at radius 2 is 1.75 bits per heavy atom. The van der Waals surface area contributed by atoms with Crippen molar-refractivity contribution in [3.05, 3.63) is 41.2 Å². The van der Waals surface area contributed by atoms with E-state index in [-0.39, 0.29) is 0 Å². The summed E-state index contributed by atoms with van der Waals surface area (Å²) in [7, 11) is 0.